The van der Waals surface area contributed by atoms with Gasteiger partial charge in [0.2, 0.25) is 0 Å². The lowest BCUT2D eigenvalue weighted by molar-refractivity contribution is 0.591. The van der Waals surface area contributed by atoms with Crippen LogP contribution in [0.4, 0.5) is 0 Å². The Morgan fingerprint density at radius 3 is 1.90 bits per heavy atom. The molecule has 41 heavy (non-hydrogen) atoms. The van der Waals surface area contributed by atoms with Crippen LogP contribution < -0.4 is 0 Å². The summed E-state index contributed by atoms with van der Waals surface area (Å²) in [6.45, 7) is 9.02. The van der Waals surface area contributed by atoms with Crippen molar-refractivity contribution in [3.05, 3.63) is 132 Å². The summed E-state index contributed by atoms with van der Waals surface area (Å²) in [6, 6.07) is 41.6. The lowest BCUT2D eigenvalue weighted by atomic mass is 9.86. The summed E-state index contributed by atoms with van der Waals surface area (Å²) in [7, 11) is 0. The molecule has 2 aromatic heterocycles. The van der Waals surface area contributed by atoms with Crippen molar-refractivity contribution in [3.8, 4) is 39.3 Å². The SMILES string of the molecule is Cc1cc(-c2ccccc2)c(-n2c(-c3csc4ccc(C(C)(C)C)cc34)nc3ccccc32)c(-c2ccccc2)c1. The molecule has 0 saturated carbocycles. The minimum atomic E-state index is 0.0610. The number of hydrogen-bond donors (Lipinski definition) is 0. The normalized spacial score (nSPS) is 11.9. The maximum Gasteiger partial charge on any atom is 0.147 e. The quantitative estimate of drug-likeness (QED) is 0.214. The number of hydrogen-bond acceptors (Lipinski definition) is 2. The molecule has 2 nitrogen and oxygen atoms in total. The van der Waals surface area contributed by atoms with Crippen molar-refractivity contribution in [2.75, 3.05) is 0 Å². The van der Waals surface area contributed by atoms with E-state index in [-0.39, 0.29) is 5.41 Å². The fourth-order valence-corrected chi connectivity index (χ4v) is 6.72. The van der Waals surface area contributed by atoms with Crippen LogP contribution in [0.2, 0.25) is 0 Å². The van der Waals surface area contributed by atoms with Gasteiger partial charge in [0.25, 0.3) is 0 Å². The van der Waals surface area contributed by atoms with E-state index in [0.717, 1.165) is 22.5 Å². The van der Waals surface area contributed by atoms with Gasteiger partial charge in [0.05, 0.1) is 16.7 Å². The van der Waals surface area contributed by atoms with E-state index in [2.05, 4.69) is 153 Å². The third kappa shape index (κ3) is 4.47. The topological polar surface area (TPSA) is 17.8 Å². The van der Waals surface area contributed by atoms with E-state index >= 15 is 0 Å². The monoisotopic (exact) mass is 548 g/mol. The second kappa shape index (κ2) is 9.87. The van der Waals surface area contributed by atoms with E-state index in [4.69, 9.17) is 4.98 Å². The fraction of sp³-hybridized carbons (Fsp3) is 0.132. The van der Waals surface area contributed by atoms with Crippen LogP contribution in [-0.4, -0.2) is 9.55 Å². The lowest BCUT2D eigenvalue weighted by Crippen LogP contribution is -2.10. The van der Waals surface area contributed by atoms with Crippen molar-refractivity contribution in [1.29, 1.82) is 0 Å². The number of imidazole rings is 1. The fourth-order valence-electron chi connectivity index (χ4n) is 5.80. The number of aromatic nitrogens is 2. The minimum Gasteiger partial charge on any atom is -0.291 e. The Hall–Kier alpha value is -4.47. The lowest BCUT2D eigenvalue weighted by Gasteiger charge is -2.21. The molecule has 3 heteroatoms. The molecule has 5 aromatic carbocycles. The van der Waals surface area contributed by atoms with Gasteiger partial charge in [-0.2, -0.15) is 0 Å². The average Bonchev–Trinajstić information content (AvgIpc) is 3.58. The van der Waals surface area contributed by atoms with Crippen LogP contribution in [0, 0.1) is 6.92 Å². The molecule has 7 rings (SSSR count). The molecule has 0 bridgehead atoms. The number of aryl methyl sites for hydroxylation is 1. The minimum absolute atomic E-state index is 0.0610. The second-order valence-electron chi connectivity index (χ2n) is 11.8. The number of nitrogens with zero attached hydrogens (tertiary/aromatic N) is 2. The molecule has 0 N–H and O–H groups in total. The summed E-state index contributed by atoms with van der Waals surface area (Å²) in [6.07, 6.45) is 0. The van der Waals surface area contributed by atoms with Gasteiger partial charge in [-0.3, -0.25) is 4.57 Å². The predicted molar refractivity (Wildman–Crippen MR) is 176 cm³/mol. The molecule has 0 atom stereocenters. The summed E-state index contributed by atoms with van der Waals surface area (Å²) in [5.74, 6) is 0.974. The molecule has 0 amide bonds. The Labute approximate surface area is 245 Å². The van der Waals surface area contributed by atoms with Crippen LogP contribution in [0.5, 0.6) is 0 Å². The molecule has 0 aliphatic heterocycles. The zero-order valence-corrected chi connectivity index (χ0v) is 24.7. The maximum atomic E-state index is 5.34. The summed E-state index contributed by atoms with van der Waals surface area (Å²) < 4.78 is 3.69. The third-order valence-electron chi connectivity index (χ3n) is 7.89. The standard InChI is InChI=1S/C38H32N2S/c1-25-21-29(26-13-7-5-8-14-26)36(30(22-25)27-15-9-6-10-16-27)40-34-18-12-11-17-33(34)39-37(40)32-24-41-35-20-19-28(23-31(32)35)38(2,3)4/h5-24H,1-4H3. The van der Waals surface area contributed by atoms with E-state index in [0.29, 0.717) is 0 Å². The van der Waals surface area contributed by atoms with Crippen molar-refractivity contribution in [2.24, 2.45) is 0 Å². The summed E-state index contributed by atoms with van der Waals surface area (Å²) in [5, 5.41) is 3.54. The Kier molecular flexibility index (Phi) is 6.13. The number of fused-ring (bicyclic) bond motifs is 2. The van der Waals surface area contributed by atoms with Crippen molar-refractivity contribution in [3.63, 3.8) is 0 Å². The largest absolute Gasteiger partial charge is 0.291 e. The summed E-state index contributed by atoms with van der Waals surface area (Å²) in [5.41, 5.74) is 11.8. The van der Waals surface area contributed by atoms with E-state index in [1.165, 1.54) is 49.0 Å². The van der Waals surface area contributed by atoms with Gasteiger partial charge in [0, 0.05) is 32.2 Å². The highest BCUT2D eigenvalue weighted by atomic mass is 32.1. The Bertz CT molecular complexity index is 1960. The molecule has 0 spiro atoms. The zero-order chi connectivity index (χ0) is 28.1. The third-order valence-corrected chi connectivity index (χ3v) is 8.85. The van der Waals surface area contributed by atoms with Gasteiger partial charge in [-0.05, 0) is 71.0 Å². The van der Waals surface area contributed by atoms with Gasteiger partial charge in [0.15, 0.2) is 0 Å². The van der Waals surface area contributed by atoms with Crippen LogP contribution in [0.25, 0.3) is 60.4 Å². The van der Waals surface area contributed by atoms with Crippen LogP contribution in [0.3, 0.4) is 0 Å². The predicted octanol–water partition coefficient (Wildman–Crippen LogP) is 10.8. The Morgan fingerprint density at radius 1 is 0.659 bits per heavy atom. The first kappa shape index (κ1) is 25.5. The number of benzene rings is 5. The summed E-state index contributed by atoms with van der Waals surface area (Å²) >= 11 is 1.79. The molecule has 0 unspecified atom stereocenters. The van der Waals surface area contributed by atoms with Gasteiger partial charge < -0.3 is 0 Å². The van der Waals surface area contributed by atoms with E-state index in [1.807, 2.05) is 0 Å². The first-order valence-corrected chi connectivity index (χ1v) is 15.0. The molecule has 0 aliphatic carbocycles. The molecule has 0 radical (unpaired) electrons. The summed E-state index contributed by atoms with van der Waals surface area (Å²) in [4.78, 5) is 5.34. The van der Waals surface area contributed by atoms with Crippen LogP contribution in [0.15, 0.2) is 121 Å². The van der Waals surface area contributed by atoms with Crippen LogP contribution >= 0.6 is 11.3 Å². The first-order chi connectivity index (χ1) is 19.9. The van der Waals surface area contributed by atoms with E-state index in [1.54, 1.807) is 11.3 Å². The van der Waals surface area contributed by atoms with Gasteiger partial charge in [-0.1, -0.05) is 99.6 Å². The van der Waals surface area contributed by atoms with Crippen molar-refractivity contribution in [1.82, 2.24) is 9.55 Å². The average molecular weight is 549 g/mol. The van der Waals surface area contributed by atoms with Crippen molar-refractivity contribution in [2.45, 2.75) is 33.1 Å². The highest BCUT2D eigenvalue weighted by molar-refractivity contribution is 7.17. The molecule has 7 aromatic rings. The van der Waals surface area contributed by atoms with E-state index in [9.17, 15) is 0 Å². The number of rotatable bonds is 4. The van der Waals surface area contributed by atoms with Gasteiger partial charge in [0.1, 0.15) is 5.82 Å². The van der Waals surface area contributed by atoms with E-state index < -0.39 is 0 Å². The second-order valence-corrected chi connectivity index (χ2v) is 12.7. The van der Waals surface area contributed by atoms with Gasteiger partial charge in [-0.25, -0.2) is 4.98 Å². The first-order valence-electron chi connectivity index (χ1n) is 14.1. The number of thiophene rings is 1. The molecule has 0 saturated heterocycles. The van der Waals surface area contributed by atoms with Gasteiger partial charge in [-0.15, -0.1) is 11.3 Å². The van der Waals surface area contributed by atoms with Crippen molar-refractivity contribution >= 4 is 32.5 Å². The highest BCUT2D eigenvalue weighted by Gasteiger charge is 2.24. The molecule has 0 fully saturated rings. The smallest absolute Gasteiger partial charge is 0.147 e. The molecule has 2 heterocycles. The van der Waals surface area contributed by atoms with Crippen molar-refractivity contribution < 1.29 is 0 Å². The molecular weight excluding hydrogens is 516 g/mol. The zero-order valence-electron chi connectivity index (χ0n) is 23.8. The number of para-hydroxylation sites is 2. The van der Waals surface area contributed by atoms with Crippen LogP contribution in [0.1, 0.15) is 31.9 Å². The molecule has 0 aliphatic rings. The molecular formula is C38H32N2S. The highest BCUT2D eigenvalue weighted by Crippen LogP contribution is 2.43. The molecule has 200 valence electrons. The van der Waals surface area contributed by atoms with Crippen LogP contribution in [-0.2, 0) is 5.41 Å². The Balaban J connectivity index is 1.62. The maximum absolute atomic E-state index is 5.34. The van der Waals surface area contributed by atoms with Gasteiger partial charge >= 0.3 is 0 Å². The Morgan fingerprint density at radius 2 is 1.27 bits per heavy atom.